The van der Waals surface area contributed by atoms with Crippen LogP contribution in [0.4, 0.5) is 5.69 Å². The molecule has 0 aliphatic rings. The highest BCUT2D eigenvalue weighted by atomic mass is 16.2. The first-order valence-electron chi connectivity index (χ1n) is 8.26. The van der Waals surface area contributed by atoms with Gasteiger partial charge >= 0.3 is 0 Å². The third kappa shape index (κ3) is 5.14. The lowest BCUT2D eigenvalue weighted by Gasteiger charge is -2.28. The summed E-state index contributed by atoms with van der Waals surface area (Å²) in [6, 6.07) is 4.19. The summed E-state index contributed by atoms with van der Waals surface area (Å²) in [7, 11) is 2.97. The van der Waals surface area contributed by atoms with Crippen molar-refractivity contribution in [2.24, 2.45) is 0 Å². The fourth-order valence-corrected chi connectivity index (χ4v) is 2.53. The molecule has 0 aliphatic carbocycles. The van der Waals surface area contributed by atoms with Crippen molar-refractivity contribution < 1.29 is 19.2 Å². The van der Waals surface area contributed by atoms with Crippen LogP contribution in [-0.2, 0) is 9.59 Å². The van der Waals surface area contributed by atoms with Crippen molar-refractivity contribution in [3.05, 3.63) is 29.3 Å². The molecule has 7 heteroatoms. The molecule has 1 atom stereocenters. The molecule has 7 nitrogen and oxygen atoms in total. The van der Waals surface area contributed by atoms with E-state index >= 15 is 0 Å². The molecule has 0 heterocycles. The molecule has 2 N–H and O–H groups in total. The largest absolute Gasteiger partial charge is 0.384 e. The molecule has 0 saturated heterocycles. The zero-order valence-corrected chi connectivity index (χ0v) is 14.9. The van der Waals surface area contributed by atoms with E-state index in [1.807, 2.05) is 6.92 Å². The van der Waals surface area contributed by atoms with Crippen LogP contribution >= 0.6 is 0 Å². The summed E-state index contributed by atoms with van der Waals surface area (Å²) in [6.07, 6.45) is 2.56. The number of rotatable bonds is 10. The smallest absolute Gasteiger partial charge is 0.257 e. The minimum Gasteiger partial charge on any atom is -0.384 e. The van der Waals surface area contributed by atoms with Gasteiger partial charge in [0.15, 0.2) is 6.29 Å². The molecule has 0 bridgehead atoms. The number of carbonyl (C=O) groups is 4. The molecule has 0 aromatic heterocycles. The average Bonchev–Trinajstić information content (AvgIpc) is 2.64. The van der Waals surface area contributed by atoms with Gasteiger partial charge in [-0.15, -0.1) is 0 Å². The van der Waals surface area contributed by atoms with E-state index in [1.165, 1.54) is 19.0 Å². The van der Waals surface area contributed by atoms with Crippen molar-refractivity contribution >= 4 is 30.1 Å². The van der Waals surface area contributed by atoms with Gasteiger partial charge in [0.05, 0.1) is 5.56 Å². The lowest BCUT2D eigenvalue weighted by Crippen LogP contribution is -2.47. The third-order valence-corrected chi connectivity index (χ3v) is 3.90. The maximum atomic E-state index is 13.0. The van der Waals surface area contributed by atoms with Crippen molar-refractivity contribution in [2.75, 3.05) is 26.0 Å². The Hall–Kier alpha value is -2.70. The molecule has 0 aliphatic heterocycles. The van der Waals surface area contributed by atoms with E-state index in [0.29, 0.717) is 24.8 Å². The number of nitrogens with zero attached hydrogens (tertiary/aromatic N) is 1. The van der Waals surface area contributed by atoms with Crippen LogP contribution in [-0.4, -0.2) is 56.0 Å². The first-order valence-corrected chi connectivity index (χ1v) is 8.26. The van der Waals surface area contributed by atoms with Crippen LogP contribution < -0.4 is 10.6 Å². The number of hydrogen-bond donors (Lipinski definition) is 2. The molecule has 0 saturated carbocycles. The maximum Gasteiger partial charge on any atom is 0.257 e. The summed E-state index contributed by atoms with van der Waals surface area (Å²) in [5.41, 5.74) is 1.03. The SMILES string of the molecule is CCCNc1cccc(C=O)c1C(=O)N(C)C(CCC=O)C(=O)NC. The second-order valence-corrected chi connectivity index (χ2v) is 5.60. The Morgan fingerprint density at radius 1 is 1.28 bits per heavy atom. The number of aldehydes is 2. The molecular weight excluding hydrogens is 322 g/mol. The Morgan fingerprint density at radius 2 is 2.00 bits per heavy atom. The molecule has 0 spiro atoms. The van der Waals surface area contributed by atoms with Crippen molar-refractivity contribution in [3.8, 4) is 0 Å². The van der Waals surface area contributed by atoms with Crippen LogP contribution in [0.1, 0.15) is 46.9 Å². The second kappa shape index (κ2) is 10.2. The van der Waals surface area contributed by atoms with Crippen molar-refractivity contribution in [3.63, 3.8) is 0 Å². The summed E-state index contributed by atoms with van der Waals surface area (Å²) in [5.74, 6) is -0.801. The van der Waals surface area contributed by atoms with E-state index in [1.54, 1.807) is 18.2 Å². The standard InChI is InChI=1S/C18H25N3O4/c1-4-10-20-14-8-5-7-13(12-23)16(14)18(25)21(3)15(9-6-11-22)17(24)19-2/h5,7-8,11-12,15,20H,4,6,9-10H2,1-3H3,(H,19,24). The van der Waals surface area contributed by atoms with Crippen LogP contribution in [0.25, 0.3) is 0 Å². The highest BCUT2D eigenvalue weighted by Gasteiger charge is 2.29. The van der Waals surface area contributed by atoms with Gasteiger partial charge in [-0.3, -0.25) is 14.4 Å². The minimum absolute atomic E-state index is 0.159. The Morgan fingerprint density at radius 3 is 2.56 bits per heavy atom. The van der Waals surface area contributed by atoms with Crippen LogP contribution in [0.2, 0.25) is 0 Å². The highest BCUT2D eigenvalue weighted by molar-refractivity contribution is 6.07. The Labute approximate surface area is 147 Å². The summed E-state index contributed by atoms with van der Waals surface area (Å²) in [6.45, 7) is 2.64. The number of carbonyl (C=O) groups excluding carboxylic acids is 4. The van der Waals surface area contributed by atoms with E-state index in [-0.39, 0.29) is 29.9 Å². The summed E-state index contributed by atoms with van der Waals surface area (Å²) >= 11 is 0. The number of nitrogens with one attached hydrogen (secondary N) is 2. The maximum absolute atomic E-state index is 13.0. The molecule has 136 valence electrons. The van der Waals surface area contributed by atoms with Crippen LogP contribution in [0, 0.1) is 0 Å². The summed E-state index contributed by atoms with van der Waals surface area (Å²) < 4.78 is 0. The lowest BCUT2D eigenvalue weighted by molar-refractivity contribution is -0.125. The number of amides is 2. The summed E-state index contributed by atoms with van der Waals surface area (Å²) in [4.78, 5) is 48.4. The monoisotopic (exact) mass is 347 g/mol. The molecule has 1 rings (SSSR count). The molecule has 1 aromatic carbocycles. The van der Waals surface area contributed by atoms with Crippen LogP contribution in [0.5, 0.6) is 0 Å². The van der Waals surface area contributed by atoms with Gasteiger partial charge in [0, 0.05) is 38.3 Å². The Balaban J connectivity index is 3.23. The Kier molecular flexibility index (Phi) is 8.32. The fraction of sp³-hybridized carbons (Fsp3) is 0.444. The van der Waals surface area contributed by atoms with Gasteiger partial charge in [-0.2, -0.15) is 0 Å². The van der Waals surface area contributed by atoms with Gasteiger partial charge in [0.25, 0.3) is 5.91 Å². The van der Waals surface area contributed by atoms with Gasteiger partial charge in [-0.25, -0.2) is 0 Å². The molecule has 1 unspecified atom stereocenters. The number of anilines is 1. The van der Waals surface area contributed by atoms with Crippen molar-refractivity contribution in [2.45, 2.75) is 32.2 Å². The van der Waals surface area contributed by atoms with Crippen molar-refractivity contribution in [1.29, 1.82) is 0 Å². The molecule has 2 amide bonds. The minimum atomic E-state index is -0.790. The first-order chi connectivity index (χ1) is 12.0. The van der Waals surface area contributed by atoms with E-state index < -0.39 is 11.9 Å². The zero-order valence-electron chi connectivity index (χ0n) is 14.9. The van der Waals surface area contributed by atoms with Crippen LogP contribution in [0.15, 0.2) is 18.2 Å². The number of likely N-dealkylation sites (N-methyl/N-ethyl adjacent to an activating group) is 2. The van der Waals surface area contributed by atoms with Gasteiger partial charge in [0.2, 0.25) is 5.91 Å². The first kappa shape index (κ1) is 20.3. The van der Waals surface area contributed by atoms with Gasteiger partial charge < -0.3 is 20.3 Å². The molecular formula is C18H25N3O4. The van der Waals surface area contributed by atoms with Gasteiger partial charge in [-0.1, -0.05) is 19.1 Å². The average molecular weight is 347 g/mol. The zero-order chi connectivity index (χ0) is 18.8. The third-order valence-electron chi connectivity index (χ3n) is 3.90. The van der Waals surface area contributed by atoms with E-state index in [4.69, 9.17) is 0 Å². The predicted octanol–water partition coefficient (Wildman–Crippen LogP) is 1.49. The lowest BCUT2D eigenvalue weighted by atomic mass is 10.0. The molecule has 1 aromatic rings. The van der Waals surface area contributed by atoms with E-state index in [2.05, 4.69) is 10.6 Å². The second-order valence-electron chi connectivity index (χ2n) is 5.60. The van der Waals surface area contributed by atoms with Crippen LogP contribution in [0.3, 0.4) is 0 Å². The van der Waals surface area contributed by atoms with Gasteiger partial charge in [0.1, 0.15) is 12.3 Å². The summed E-state index contributed by atoms with van der Waals surface area (Å²) in [5, 5.41) is 5.64. The molecule has 0 radical (unpaired) electrons. The quantitative estimate of drug-likeness (QED) is 0.625. The number of benzene rings is 1. The highest BCUT2D eigenvalue weighted by Crippen LogP contribution is 2.22. The Bertz CT molecular complexity index is 631. The topological polar surface area (TPSA) is 95.6 Å². The molecule has 25 heavy (non-hydrogen) atoms. The van der Waals surface area contributed by atoms with E-state index in [9.17, 15) is 19.2 Å². The van der Waals surface area contributed by atoms with Crippen molar-refractivity contribution in [1.82, 2.24) is 10.2 Å². The van der Waals surface area contributed by atoms with E-state index in [0.717, 1.165) is 6.42 Å². The molecule has 0 fully saturated rings. The number of hydrogen-bond acceptors (Lipinski definition) is 5. The predicted molar refractivity (Wildman–Crippen MR) is 95.9 cm³/mol. The normalized spacial score (nSPS) is 11.3. The van der Waals surface area contributed by atoms with Gasteiger partial charge in [-0.05, 0) is 18.9 Å². The fourth-order valence-electron chi connectivity index (χ4n) is 2.53.